The number of hydrogen-bond donors (Lipinski definition) is 0. The van der Waals surface area contributed by atoms with Crippen molar-refractivity contribution in [3.05, 3.63) is 53.9 Å². The molecule has 1 aromatic carbocycles. The summed E-state index contributed by atoms with van der Waals surface area (Å²) in [4.78, 5) is 14.5. The molecular formula is C17H21N3O. The zero-order valence-corrected chi connectivity index (χ0v) is 12.4. The normalized spacial score (nSPS) is 18.7. The third kappa shape index (κ3) is 3.32. The van der Waals surface area contributed by atoms with E-state index in [1.54, 1.807) is 0 Å². The molecule has 0 radical (unpaired) electrons. The molecule has 110 valence electrons. The van der Waals surface area contributed by atoms with Crippen molar-refractivity contribution < 1.29 is 4.79 Å². The summed E-state index contributed by atoms with van der Waals surface area (Å²) in [5, 5.41) is 4.45. The highest BCUT2D eigenvalue weighted by Gasteiger charge is 2.24. The van der Waals surface area contributed by atoms with Crippen LogP contribution in [0.5, 0.6) is 0 Å². The summed E-state index contributed by atoms with van der Waals surface area (Å²) in [6, 6.07) is 11.6. The van der Waals surface area contributed by atoms with Crippen molar-refractivity contribution in [1.29, 1.82) is 0 Å². The van der Waals surface area contributed by atoms with Crippen LogP contribution in [0.3, 0.4) is 0 Å². The van der Waals surface area contributed by atoms with Crippen LogP contribution in [0.1, 0.15) is 28.9 Å². The molecule has 0 saturated carbocycles. The summed E-state index contributed by atoms with van der Waals surface area (Å²) in [7, 11) is 1.94. The Kier molecular flexibility index (Phi) is 4.04. The van der Waals surface area contributed by atoms with E-state index in [0.29, 0.717) is 5.92 Å². The Bertz CT molecular complexity index is 606. The van der Waals surface area contributed by atoms with Crippen LogP contribution in [-0.2, 0) is 13.5 Å². The fourth-order valence-corrected chi connectivity index (χ4v) is 3.05. The number of hydrogen-bond acceptors (Lipinski definition) is 2. The lowest BCUT2D eigenvalue weighted by molar-refractivity contribution is 0.0672. The van der Waals surface area contributed by atoms with Crippen molar-refractivity contribution in [2.75, 3.05) is 13.1 Å². The van der Waals surface area contributed by atoms with Crippen molar-refractivity contribution in [1.82, 2.24) is 14.7 Å². The molecule has 2 heterocycles. The molecule has 1 amide bonds. The maximum Gasteiger partial charge on any atom is 0.253 e. The van der Waals surface area contributed by atoms with Gasteiger partial charge in [0, 0.05) is 31.9 Å². The summed E-state index contributed by atoms with van der Waals surface area (Å²) < 4.78 is 1.84. The van der Waals surface area contributed by atoms with Crippen LogP contribution in [0.15, 0.2) is 42.6 Å². The summed E-state index contributed by atoms with van der Waals surface area (Å²) >= 11 is 0. The molecule has 2 aromatic rings. The van der Waals surface area contributed by atoms with Crippen molar-refractivity contribution >= 4 is 5.91 Å². The van der Waals surface area contributed by atoms with E-state index in [9.17, 15) is 4.79 Å². The van der Waals surface area contributed by atoms with Crippen LogP contribution in [0.25, 0.3) is 0 Å². The van der Waals surface area contributed by atoms with E-state index in [1.807, 2.05) is 53.2 Å². The second-order valence-electron chi connectivity index (χ2n) is 5.81. The van der Waals surface area contributed by atoms with E-state index in [0.717, 1.165) is 37.2 Å². The third-order valence-corrected chi connectivity index (χ3v) is 4.09. The number of aryl methyl sites for hydroxylation is 1. The van der Waals surface area contributed by atoms with Crippen molar-refractivity contribution in [3.63, 3.8) is 0 Å². The zero-order chi connectivity index (χ0) is 14.7. The number of carbonyl (C=O) groups is 1. The number of benzene rings is 1. The molecule has 0 bridgehead atoms. The molecule has 21 heavy (non-hydrogen) atoms. The Morgan fingerprint density at radius 1 is 1.29 bits per heavy atom. The van der Waals surface area contributed by atoms with Gasteiger partial charge in [-0.25, -0.2) is 0 Å². The molecular weight excluding hydrogens is 262 g/mol. The van der Waals surface area contributed by atoms with Crippen LogP contribution in [-0.4, -0.2) is 33.7 Å². The summed E-state index contributed by atoms with van der Waals surface area (Å²) in [5.41, 5.74) is 1.91. The van der Waals surface area contributed by atoms with Crippen LogP contribution in [0.4, 0.5) is 0 Å². The molecule has 1 aliphatic rings. The van der Waals surface area contributed by atoms with Gasteiger partial charge >= 0.3 is 0 Å². The minimum atomic E-state index is 0.154. The van der Waals surface area contributed by atoms with Crippen LogP contribution in [0.2, 0.25) is 0 Å². The maximum absolute atomic E-state index is 12.5. The van der Waals surface area contributed by atoms with E-state index in [2.05, 4.69) is 11.2 Å². The topological polar surface area (TPSA) is 38.1 Å². The standard InChI is InChI=1S/C17H21N3O/c1-19-11-9-16(18-19)12-14-6-5-10-20(13-14)17(21)15-7-3-2-4-8-15/h2-4,7-9,11,14H,5-6,10,12-13H2,1H3. The van der Waals surface area contributed by atoms with E-state index < -0.39 is 0 Å². The van der Waals surface area contributed by atoms with Gasteiger partial charge < -0.3 is 4.90 Å². The van der Waals surface area contributed by atoms with Gasteiger partial charge in [-0.05, 0) is 43.4 Å². The molecule has 1 saturated heterocycles. The minimum Gasteiger partial charge on any atom is -0.338 e. The molecule has 1 aliphatic heterocycles. The van der Waals surface area contributed by atoms with Crippen molar-refractivity contribution in [3.8, 4) is 0 Å². The van der Waals surface area contributed by atoms with Gasteiger partial charge in [-0.3, -0.25) is 9.48 Å². The average Bonchev–Trinajstić information content (AvgIpc) is 2.93. The fourth-order valence-electron chi connectivity index (χ4n) is 3.05. The van der Waals surface area contributed by atoms with Gasteiger partial charge in [0.15, 0.2) is 0 Å². The predicted molar refractivity (Wildman–Crippen MR) is 82.0 cm³/mol. The van der Waals surface area contributed by atoms with Gasteiger partial charge in [0.1, 0.15) is 0 Å². The van der Waals surface area contributed by atoms with Gasteiger partial charge in [0.05, 0.1) is 5.69 Å². The Morgan fingerprint density at radius 3 is 2.81 bits per heavy atom. The monoisotopic (exact) mass is 283 g/mol. The van der Waals surface area contributed by atoms with Gasteiger partial charge in [0.25, 0.3) is 5.91 Å². The molecule has 4 heteroatoms. The van der Waals surface area contributed by atoms with Crippen LogP contribution >= 0.6 is 0 Å². The molecule has 0 aliphatic carbocycles. The summed E-state index contributed by atoms with van der Waals surface area (Å²) in [6.07, 6.45) is 5.19. The van der Waals surface area contributed by atoms with Crippen LogP contribution < -0.4 is 0 Å². The minimum absolute atomic E-state index is 0.154. The second kappa shape index (κ2) is 6.12. The first kappa shape index (κ1) is 13.9. The zero-order valence-electron chi connectivity index (χ0n) is 12.4. The quantitative estimate of drug-likeness (QED) is 0.868. The molecule has 4 nitrogen and oxygen atoms in total. The lowest BCUT2D eigenvalue weighted by atomic mass is 9.93. The van der Waals surface area contributed by atoms with Gasteiger partial charge in [0.2, 0.25) is 0 Å². The average molecular weight is 283 g/mol. The molecule has 3 rings (SSSR count). The predicted octanol–water partition coefficient (Wildman–Crippen LogP) is 2.52. The van der Waals surface area contributed by atoms with Gasteiger partial charge in [-0.1, -0.05) is 18.2 Å². The number of amides is 1. The molecule has 1 atom stereocenters. The second-order valence-corrected chi connectivity index (χ2v) is 5.81. The first-order valence-electron chi connectivity index (χ1n) is 7.55. The first-order valence-corrected chi connectivity index (χ1v) is 7.55. The highest BCUT2D eigenvalue weighted by atomic mass is 16.2. The van der Waals surface area contributed by atoms with E-state index in [-0.39, 0.29) is 5.91 Å². The smallest absolute Gasteiger partial charge is 0.253 e. The molecule has 1 unspecified atom stereocenters. The Labute approximate surface area is 125 Å². The highest BCUT2D eigenvalue weighted by Crippen LogP contribution is 2.21. The number of rotatable bonds is 3. The number of piperidine rings is 1. The van der Waals surface area contributed by atoms with Gasteiger partial charge in [-0.2, -0.15) is 5.10 Å². The molecule has 1 aromatic heterocycles. The SMILES string of the molecule is Cn1ccc(CC2CCCN(C(=O)c3ccccc3)C2)n1. The first-order chi connectivity index (χ1) is 10.2. The summed E-state index contributed by atoms with van der Waals surface area (Å²) in [6.45, 7) is 1.71. The fraction of sp³-hybridized carbons (Fsp3) is 0.412. The number of aromatic nitrogens is 2. The molecule has 1 fully saturated rings. The number of carbonyl (C=O) groups excluding carboxylic acids is 1. The maximum atomic E-state index is 12.5. The van der Waals surface area contributed by atoms with Crippen LogP contribution in [0, 0.1) is 5.92 Å². The Hall–Kier alpha value is -2.10. The lowest BCUT2D eigenvalue weighted by Gasteiger charge is -2.32. The number of likely N-dealkylation sites (tertiary alicyclic amines) is 1. The van der Waals surface area contributed by atoms with E-state index in [4.69, 9.17) is 0 Å². The lowest BCUT2D eigenvalue weighted by Crippen LogP contribution is -2.40. The molecule has 0 N–H and O–H groups in total. The van der Waals surface area contributed by atoms with Crippen molar-refractivity contribution in [2.45, 2.75) is 19.3 Å². The van der Waals surface area contributed by atoms with Crippen molar-refractivity contribution in [2.24, 2.45) is 13.0 Å². The van der Waals surface area contributed by atoms with Gasteiger partial charge in [-0.15, -0.1) is 0 Å². The Balaban J connectivity index is 1.64. The highest BCUT2D eigenvalue weighted by molar-refractivity contribution is 5.94. The number of nitrogens with zero attached hydrogens (tertiary/aromatic N) is 3. The molecule has 0 spiro atoms. The van der Waals surface area contributed by atoms with E-state index >= 15 is 0 Å². The summed E-state index contributed by atoms with van der Waals surface area (Å²) in [5.74, 6) is 0.669. The Morgan fingerprint density at radius 2 is 2.10 bits per heavy atom. The third-order valence-electron chi connectivity index (χ3n) is 4.09. The van der Waals surface area contributed by atoms with E-state index in [1.165, 1.54) is 6.42 Å². The largest absolute Gasteiger partial charge is 0.338 e.